The molecule has 0 radical (unpaired) electrons. The van der Waals surface area contributed by atoms with Crippen molar-refractivity contribution in [3.05, 3.63) is 106 Å². The predicted octanol–water partition coefficient (Wildman–Crippen LogP) is 3.21. The van der Waals surface area contributed by atoms with Gasteiger partial charge in [0.25, 0.3) is 17.4 Å². The lowest BCUT2D eigenvalue weighted by Gasteiger charge is -2.26. The molecule has 1 aliphatic heterocycles. The molecule has 0 bridgehead atoms. The summed E-state index contributed by atoms with van der Waals surface area (Å²) in [6.07, 6.45) is 3.09. The van der Waals surface area contributed by atoms with Crippen molar-refractivity contribution < 1.29 is 19.5 Å². The summed E-state index contributed by atoms with van der Waals surface area (Å²) in [7, 11) is 0. The summed E-state index contributed by atoms with van der Waals surface area (Å²) >= 11 is 5.84. The predicted molar refractivity (Wildman–Crippen MR) is 159 cm³/mol. The number of rotatable bonds is 8. The van der Waals surface area contributed by atoms with E-state index in [1.54, 1.807) is 53.2 Å². The topological polar surface area (TPSA) is 146 Å². The van der Waals surface area contributed by atoms with E-state index in [-0.39, 0.29) is 39.8 Å². The molecule has 42 heavy (non-hydrogen) atoms. The molecule has 0 saturated carbocycles. The van der Waals surface area contributed by atoms with E-state index >= 15 is 0 Å². The monoisotopic (exact) mass is 586 g/mol. The van der Waals surface area contributed by atoms with Crippen molar-refractivity contribution in [1.29, 1.82) is 0 Å². The van der Waals surface area contributed by atoms with Crippen LogP contribution in [-0.2, 0) is 11.3 Å². The molecule has 0 atom stereocenters. The second-order valence-electron chi connectivity index (χ2n) is 9.59. The number of para-hydroxylation sites is 1. The standard InChI is InChI=1S/C30H27ClN6O5/c31-21-10-11-25(33-17-21)34-29(41)23-3-1-5-24(38)27(23)35-28(40)20-8-6-19(7-9-20)22-4-2-13-37(30(22)42)16-15-36-14-12-32-26(39)18-36/h1-11,13,17,38H,12,14-16,18H2,(H,32,39)(H,35,40)(H,33,34,41). The quantitative estimate of drug-likeness (QED) is 0.232. The molecule has 0 unspecified atom stereocenters. The molecular formula is C30H27ClN6O5. The smallest absolute Gasteiger partial charge is 0.259 e. The molecule has 214 valence electrons. The maximum Gasteiger partial charge on any atom is 0.259 e. The molecule has 4 aromatic rings. The Kier molecular flexibility index (Phi) is 8.60. The Morgan fingerprint density at radius 2 is 1.76 bits per heavy atom. The van der Waals surface area contributed by atoms with Crippen LogP contribution < -0.4 is 21.5 Å². The number of nitrogens with zero attached hydrogens (tertiary/aromatic N) is 3. The lowest BCUT2D eigenvalue weighted by atomic mass is 10.0. The summed E-state index contributed by atoms with van der Waals surface area (Å²) < 4.78 is 1.60. The summed E-state index contributed by atoms with van der Waals surface area (Å²) in [6, 6.07) is 17.3. The van der Waals surface area contributed by atoms with Gasteiger partial charge < -0.3 is 25.6 Å². The maximum atomic E-state index is 13.2. The SMILES string of the molecule is O=C1CN(CCn2cccc(-c3ccc(C(=O)Nc4c(O)cccc4C(=O)Nc4ccc(Cl)cn4)cc3)c2=O)CCN1. The zero-order valence-electron chi connectivity index (χ0n) is 22.3. The van der Waals surface area contributed by atoms with Gasteiger partial charge in [-0.25, -0.2) is 4.98 Å². The number of amides is 3. The Morgan fingerprint density at radius 3 is 2.50 bits per heavy atom. The van der Waals surface area contributed by atoms with Gasteiger partial charge in [0, 0.05) is 49.7 Å². The van der Waals surface area contributed by atoms with Crippen LogP contribution >= 0.6 is 11.6 Å². The molecule has 5 rings (SSSR count). The van der Waals surface area contributed by atoms with Crippen LogP contribution in [0, 0.1) is 0 Å². The number of carbonyl (C=O) groups is 3. The molecule has 0 aliphatic carbocycles. The molecule has 2 aromatic carbocycles. The first-order valence-electron chi connectivity index (χ1n) is 13.1. The van der Waals surface area contributed by atoms with Crippen LogP contribution in [0.25, 0.3) is 11.1 Å². The van der Waals surface area contributed by atoms with Crippen LogP contribution in [0.5, 0.6) is 5.75 Å². The van der Waals surface area contributed by atoms with Crippen LogP contribution in [0.1, 0.15) is 20.7 Å². The van der Waals surface area contributed by atoms with Gasteiger partial charge in [-0.15, -0.1) is 0 Å². The highest BCUT2D eigenvalue weighted by molar-refractivity contribution is 6.30. The molecule has 12 heteroatoms. The molecule has 4 N–H and O–H groups in total. The molecule has 11 nitrogen and oxygen atoms in total. The number of phenols is 1. The molecule has 1 saturated heterocycles. The van der Waals surface area contributed by atoms with E-state index in [1.165, 1.54) is 30.5 Å². The third-order valence-electron chi connectivity index (χ3n) is 6.75. The largest absolute Gasteiger partial charge is 0.506 e. The minimum absolute atomic E-state index is 0.0244. The van der Waals surface area contributed by atoms with E-state index in [4.69, 9.17) is 11.6 Å². The molecule has 3 amide bonds. The van der Waals surface area contributed by atoms with E-state index in [0.29, 0.717) is 42.3 Å². The summed E-state index contributed by atoms with van der Waals surface area (Å²) in [5.41, 5.74) is 1.14. The van der Waals surface area contributed by atoms with Gasteiger partial charge >= 0.3 is 0 Å². The Hall–Kier alpha value is -5.00. The Bertz CT molecular complexity index is 1690. The average molecular weight is 587 g/mol. The number of hydrogen-bond donors (Lipinski definition) is 4. The molecule has 2 aromatic heterocycles. The number of phenolic OH excluding ortho intramolecular Hbond substituents is 1. The Balaban J connectivity index is 1.29. The van der Waals surface area contributed by atoms with Crippen LogP contribution in [0.3, 0.4) is 0 Å². The normalized spacial score (nSPS) is 13.3. The van der Waals surface area contributed by atoms with Crippen molar-refractivity contribution in [2.24, 2.45) is 0 Å². The van der Waals surface area contributed by atoms with Gasteiger partial charge in [-0.1, -0.05) is 29.8 Å². The molecule has 1 fully saturated rings. The number of anilines is 2. The maximum absolute atomic E-state index is 13.2. The van der Waals surface area contributed by atoms with Gasteiger partial charge in [0.05, 0.1) is 22.8 Å². The highest BCUT2D eigenvalue weighted by atomic mass is 35.5. The summed E-state index contributed by atoms with van der Waals surface area (Å²) in [6.45, 7) is 2.64. The van der Waals surface area contributed by atoms with Crippen molar-refractivity contribution in [1.82, 2.24) is 19.8 Å². The second kappa shape index (κ2) is 12.7. The number of piperazine rings is 1. The number of hydrogen-bond acceptors (Lipinski definition) is 7. The zero-order chi connectivity index (χ0) is 29.6. The number of carbonyl (C=O) groups excluding carboxylic acids is 3. The fraction of sp³-hybridized carbons (Fsp3) is 0.167. The first-order valence-corrected chi connectivity index (χ1v) is 13.5. The van der Waals surface area contributed by atoms with Crippen LogP contribution in [0.4, 0.5) is 11.5 Å². The highest BCUT2D eigenvalue weighted by Crippen LogP contribution is 2.29. The fourth-order valence-corrected chi connectivity index (χ4v) is 4.66. The van der Waals surface area contributed by atoms with Gasteiger partial charge in [0.2, 0.25) is 5.91 Å². The van der Waals surface area contributed by atoms with E-state index in [0.717, 1.165) is 6.54 Å². The summed E-state index contributed by atoms with van der Waals surface area (Å²) in [5, 5.41) is 18.9. The number of pyridine rings is 2. The zero-order valence-corrected chi connectivity index (χ0v) is 23.1. The van der Waals surface area contributed by atoms with Crippen molar-refractivity contribution >= 4 is 40.8 Å². The van der Waals surface area contributed by atoms with E-state index in [9.17, 15) is 24.3 Å². The number of halogens is 1. The Labute approximate surface area is 245 Å². The van der Waals surface area contributed by atoms with Crippen molar-refractivity contribution in [2.75, 3.05) is 36.8 Å². The lowest BCUT2D eigenvalue weighted by Crippen LogP contribution is -2.48. The van der Waals surface area contributed by atoms with Gasteiger partial charge in [0.15, 0.2) is 0 Å². The lowest BCUT2D eigenvalue weighted by molar-refractivity contribution is -0.124. The van der Waals surface area contributed by atoms with Crippen LogP contribution in [0.15, 0.2) is 83.9 Å². The number of benzene rings is 2. The van der Waals surface area contributed by atoms with Crippen LogP contribution in [-0.4, -0.2) is 63.5 Å². The average Bonchev–Trinajstić information content (AvgIpc) is 2.99. The fourth-order valence-electron chi connectivity index (χ4n) is 4.55. The van der Waals surface area contributed by atoms with Gasteiger partial charge in [-0.2, -0.15) is 0 Å². The molecule has 3 heterocycles. The van der Waals surface area contributed by atoms with E-state index in [2.05, 4.69) is 20.9 Å². The van der Waals surface area contributed by atoms with Gasteiger partial charge in [0.1, 0.15) is 11.6 Å². The van der Waals surface area contributed by atoms with Gasteiger partial charge in [-0.3, -0.25) is 24.1 Å². The van der Waals surface area contributed by atoms with Gasteiger partial charge in [-0.05, 0) is 54.1 Å². The Morgan fingerprint density at radius 1 is 0.952 bits per heavy atom. The second-order valence-corrected chi connectivity index (χ2v) is 10.0. The number of aromatic nitrogens is 2. The third-order valence-corrected chi connectivity index (χ3v) is 6.97. The van der Waals surface area contributed by atoms with Crippen LogP contribution in [0.2, 0.25) is 5.02 Å². The van der Waals surface area contributed by atoms with Crippen molar-refractivity contribution in [3.63, 3.8) is 0 Å². The first kappa shape index (κ1) is 28.5. The minimum atomic E-state index is -0.588. The highest BCUT2D eigenvalue weighted by Gasteiger charge is 2.19. The van der Waals surface area contributed by atoms with E-state index < -0.39 is 11.8 Å². The summed E-state index contributed by atoms with van der Waals surface area (Å²) in [4.78, 5) is 56.8. The number of nitrogens with one attached hydrogen (secondary N) is 3. The van der Waals surface area contributed by atoms with E-state index in [1.807, 2.05) is 4.90 Å². The molecular weight excluding hydrogens is 560 g/mol. The number of aromatic hydroxyl groups is 1. The minimum Gasteiger partial charge on any atom is -0.506 e. The third kappa shape index (κ3) is 6.65. The summed E-state index contributed by atoms with van der Waals surface area (Å²) in [5.74, 6) is -1.21. The van der Waals surface area contributed by atoms with Crippen molar-refractivity contribution in [3.8, 4) is 16.9 Å². The van der Waals surface area contributed by atoms with Crippen molar-refractivity contribution in [2.45, 2.75) is 6.54 Å². The molecule has 1 aliphatic rings. The molecule has 0 spiro atoms. The first-order chi connectivity index (χ1) is 20.3.